The summed E-state index contributed by atoms with van der Waals surface area (Å²) in [5.74, 6) is 0. The second-order valence-electron chi connectivity index (χ2n) is 5.96. The standard InChI is InChI=1S/C18H22OSi/c1-20(13-4-5-14-20)19-12-6-7-16-10-11-17-8-2-3-9-18(17)15-16/h2-5,8-11,15H,6-7,12-14H2,1H3. The SMILES string of the molecule is C[Si]1(OCCCc2ccc3ccccc3c2)CC=CC1. The highest BCUT2D eigenvalue weighted by Crippen LogP contribution is 2.25. The van der Waals surface area contributed by atoms with Crippen LogP contribution in [0, 0.1) is 0 Å². The fourth-order valence-electron chi connectivity index (χ4n) is 2.86. The topological polar surface area (TPSA) is 9.23 Å². The van der Waals surface area contributed by atoms with Crippen LogP contribution in [0.5, 0.6) is 0 Å². The number of rotatable bonds is 5. The molecule has 1 aliphatic heterocycles. The lowest BCUT2D eigenvalue weighted by Crippen LogP contribution is -2.31. The lowest BCUT2D eigenvalue weighted by Gasteiger charge is -2.21. The molecule has 2 aromatic rings. The van der Waals surface area contributed by atoms with Crippen LogP contribution >= 0.6 is 0 Å². The van der Waals surface area contributed by atoms with E-state index in [1.165, 1.54) is 28.4 Å². The van der Waals surface area contributed by atoms with Gasteiger partial charge in [-0.2, -0.15) is 0 Å². The molecular formula is C18H22OSi. The zero-order valence-electron chi connectivity index (χ0n) is 12.1. The Bertz CT molecular complexity index is 610. The molecule has 0 bridgehead atoms. The van der Waals surface area contributed by atoms with E-state index in [1.54, 1.807) is 0 Å². The van der Waals surface area contributed by atoms with Gasteiger partial charge in [-0.15, -0.1) is 0 Å². The average molecular weight is 282 g/mol. The van der Waals surface area contributed by atoms with Gasteiger partial charge in [-0.3, -0.25) is 0 Å². The molecule has 0 atom stereocenters. The highest BCUT2D eigenvalue weighted by atomic mass is 28.4. The summed E-state index contributed by atoms with van der Waals surface area (Å²) < 4.78 is 6.18. The van der Waals surface area contributed by atoms with E-state index in [2.05, 4.69) is 61.2 Å². The second-order valence-corrected chi connectivity index (χ2v) is 9.97. The van der Waals surface area contributed by atoms with Gasteiger partial charge in [-0.25, -0.2) is 0 Å². The van der Waals surface area contributed by atoms with Crippen molar-refractivity contribution in [2.45, 2.75) is 31.5 Å². The summed E-state index contributed by atoms with van der Waals surface area (Å²) in [6.07, 6.45) is 6.81. The highest BCUT2D eigenvalue weighted by molar-refractivity contribution is 6.74. The van der Waals surface area contributed by atoms with Crippen LogP contribution in [-0.4, -0.2) is 14.9 Å². The van der Waals surface area contributed by atoms with Crippen LogP contribution in [0.4, 0.5) is 0 Å². The van der Waals surface area contributed by atoms with Crippen LogP contribution in [0.15, 0.2) is 54.6 Å². The number of fused-ring (bicyclic) bond motifs is 1. The minimum absolute atomic E-state index is 0.914. The van der Waals surface area contributed by atoms with Crippen LogP contribution in [-0.2, 0) is 10.8 Å². The molecule has 0 aliphatic carbocycles. The molecule has 0 N–H and O–H groups in total. The first kappa shape index (κ1) is 13.6. The van der Waals surface area contributed by atoms with E-state index >= 15 is 0 Å². The van der Waals surface area contributed by atoms with Crippen LogP contribution < -0.4 is 0 Å². The van der Waals surface area contributed by atoms with E-state index < -0.39 is 8.32 Å². The van der Waals surface area contributed by atoms with E-state index in [-0.39, 0.29) is 0 Å². The van der Waals surface area contributed by atoms with Crippen LogP contribution in [0.2, 0.25) is 18.6 Å². The van der Waals surface area contributed by atoms with Crippen LogP contribution in [0.3, 0.4) is 0 Å². The zero-order chi connectivity index (χ0) is 13.8. The molecule has 2 aromatic carbocycles. The smallest absolute Gasteiger partial charge is 0.197 e. The molecule has 0 saturated heterocycles. The first-order valence-electron chi connectivity index (χ1n) is 7.52. The fraction of sp³-hybridized carbons (Fsp3) is 0.333. The highest BCUT2D eigenvalue weighted by Gasteiger charge is 2.29. The van der Waals surface area contributed by atoms with Gasteiger partial charge in [0, 0.05) is 6.61 Å². The molecule has 0 saturated carbocycles. The maximum atomic E-state index is 6.18. The molecule has 0 unspecified atom stereocenters. The average Bonchev–Trinajstić information content (AvgIpc) is 2.91. The summed E-state index contributed by atoms with van der Waals surface area (Å²) in [5, 5.41) is 2.66. The van der Waals surface area contributed by atoms with Gasteiger partial charge < -0.3 is 4.43 Å². The molecule has 0 fully saturated rings. The minimum Gasteiger partial charge on any atom is -0.416 e. The summed E-state index contributed by atoms with van der Waals surface area (Å²) in [6, 6.07) is 17.7. The van der Waals surface area contributed by atoms with Gasteiger partial charge in [0.2, 0.25) is 0 Å². The van der Waals surface area contributed by atoms with Gasteiger partial charge in [0.1, 0.15) is 0 Å². The predicted octanol–water partition coefficient (Wildman–Crippen LogP) is 4.93. The van der Waals surface area contributed by atoms with Crippen molar-refractivity contribution in [2.75, 3.05) is 6.61 Å². The number of allylic oxidation sites excluding steroid dienone is 2. The van der Waals surface area contributed by atoms with Crippen LogP contribution in [0.25, 0.3) is 10.8 Å². The Morgan fingerprint density at radius 1 is 1.00 bits per heavy atom. The molecular weight excluding hydrogens is 260 g/mol. The quantitative estimate of drug-likeness (QED) is 0.429. The molecule has 3 rings (SSSR count). The Morgan fingerprint density at radius 2 is 1.75 bits per heavy atom. The number of benzene rings is 2. The number of aryl methyl sites for hydroxylation is 1. The van der Waals surface area contributed by atoms with E-state index in [9.17, 15) is 0 Å². The van der Waals surface area contributed by atoms with E-state index in [4.69, 9.17) is 4.43 Å². The van der Waals surface area contributed by atoms with Crippen molar-refractivity contribution in [3.63, 3.8) is 0 Å². The number of hydrogen-bond donors (Lipinski definition) is 0. The summed E-state index contributed by atoms with van der Waals surface area (Å²) in [5.41, 5.74) is 1.42. The van der Waals surface area contributed by atoms with Crippen molar-refractivity contribution in [3.05, 3.63) is 60.2 Å². The molecule has 1 nitrogen and oxygen atoms in total. The van der Waals surface area contributed by atoms with Gasteiger partial charge >= 0.3 is 0 Å². The van der Waals surface area contributed by atoms with E-state index in [0.717, 1.165) is 19.4 Å². The second kappa shape index (κ2) is 5.94. The Hall–Kier alpha value is -1.38. The maximum absolute atomic E-state index is 6.18. The summed E-state index contributed by atoms with van der Waals surface area (Å²) in [6.45, 7) is 3.26. The third kappa shape index (κ3) is 3.19. The van der Waals surface area contributed by atoms with Crippen molar-refractivity contribution < 1.29 is 4.43 Å². The van der Waals surface area contributed by atoms with Gasteiger partial charge in [0.25, 0.3) is 0 Å². The molecule has 0 amide bonds. The summed E-state index contributed by atoms with van der Waals surface area (Å²) >= 11 is 0. The largest absolute Gasteiger partial charge is 0.416 e. The van der Waals surface area contributed by atoms with Crippen molar-refractivity contribution in [1.29, 1.82) is 0 Å². The summed E-state index contributed by atoms with van der Waals surface area (Å²) in [7, 11) is -1.38. The first-order chi connectivity index (χ1) is 9.75. The lowest BCUT2D eigenvalue weighted by molar-refractivity contribution is 0.301. The molecule has 104 valence electrons. The fourth-order valence-corrected chi connectivity index (χ4v) is 5.23. The van der Waals surface area contributed by atoms with Crippen molar-refractivity contribution >= 4 is 19.1 Å². The molecule has 0 radical (unpaired) electrons. The minimum atomic E-state index is -1.38. The van der Waals surface area contributed by atoms with E-state index in [0.29, 0.717) is 0 Å². The molecule has 0 aromatic heterocycles. The Morgan fingerprint density at radius 3 is 2.55 bits per heavy atom. The van der Waals surface area contributed by atoms with E-state index in [1.807, 2.05) is 0 Å². The Kier molecular flexibility index (Phi) is 4.04. The Labute approximate surface area is 122 Å². The summed E-state index contributed by atoms with van der Waals surface area (Å²) in [4.78, 5) is 0. The first-order valence-corrected chi connectivity index (χ1v) is 10.3. The number of hydrogen-bond acceptors (Lipinski definition) is 1. The Balaban J connectivity index is 1.52. The maximum Gasteiger partial charge on any atom is 0.197 e. The van der Waals surface area contributed by atoms with Crippen molar-refractivity contribution in [1.82, 2.24) is 0 Å². The predicted molar refractivity (Wildman–Crippen MR) is 88.6 cm³/mol. The van der Waals surface area contributed by atoms with Gasteiger partial charge in [-0.05, 0) is 47.8 Å². The molecule has 0 spiro atoms. The third-order valence-corrected chi connectivity index (χ3v) is 7.24. The third-order valence-electron chi connectivity index (χ3n) is 4.14. The van der Waals surface area contributed by atoms with Gasteiger partial charge in [0.15, 0.2) is 8.32 Å². The van der Waals surface area contributed by atoms with Crippen molar-refractivity contribution in [3.8, 4) is 0 Å². The molecule has 1 heterocycles. The monoisotopic (exact) mass is 282 g/mol. The molecule has 2 heteroatoms. The molecule has 20 heavy (non-hydrogen) atoms. The normalized spacial score (nSPS) is 16.9. The lowest BCUT2D eigenvalue weighted by atomic mass is 10.0. The van der Waals surface area contributed by atoms with Gasteiger partial charge in [0.05, 0.1) is 0 Å². The van der Waals surface area contributed by atoms with Crippen LogP contribution in [0.1, 0.15) is 12.0 Å². The molecule has 1 aliphatic rings. The van der Waals surface area contributed by atoms with Crippen molar-refractivity contribution in [2.24, 2.45) is 0 Å². The van der Waals surface area contributed by atoms with Gasteiger partial charge in [-0.1, -0.05) is 54.6 Å². The zero-order valence-corrected chi connectivity index (χ0v) is 13.1.